The van der Waals surface area contributed by atoms with E-state index in [1.807, 2.05) is 6.08 Å². The summed E-state index contributed by atoms with van der Waals surface area (Å²) in [6, 6.07) is 0.486. The van der Waals surface area contributed by atoms with Gasteiger partial charge in [0, 0.05) is 41.4 Å². The molecule has 0 N–H and O–H groups in total. The number of hydrogen-bond acceptors (Lipinski definition) is 2. The average molecular weight is 187 g/mol. The van der Waals surface area contributed by atoms with Crippen molar-refractivity contribution >= 4 is 10.8 Å². The molecule has 0 aromatic carbocycles. The molecule has 1 aliphatic rings. The molecule has 0 aromatic rings. The standard InChI is InChI=1S/C9H17NOS/c1-3-4-5-10-6-7-12(11)8-9(10)2/h3,9H,1,4-8H2,2H3. The van der Waals surface area contributed by atoms with Crippen molar-refractivity contribution in [1.29, 1.82) is 0 Å². The molecular weight excluding hydrogens is 170 g/mol. The van der Waals surface area contributed by atoms with Gasteiger partial charge < -0.3 is 0 Å². The SMILES string of the molecule is C=CCCN1CCS(=O)CC1C. The maximum absolute atomic E-state index is 11.2. The van der Waals surface area contributed by atoms with E-state index in [4.69, 9.17) is 0 Å². The molecule has 12 heavy (non-hydrogen) atoms. The molecule has 0 aliphatic carbocycles. The lowest BCUT2D eigenvalue weighted by molar-refractivity contribution is 0.234. The molecule has 3 heteroatoms. The summed E-state index contributed by atoms with van der Waals surface area (Å²) in [6.45, 7) is 7.91. The van der Waals surface area contributed by atoms with Gasteiger partial charge in [-0.3, -0.25) is 9.11 Å². The van der Waals surface area contributed by atoms with Crippen LogP contribution >= 0.6 is 0 Å². The Morgan fingerprint density at radius 3 is 3.08 bits per heavy atom. The quantitative estimate of drug-likeness (QED) is 0.615. The van der Waals surface area contributed by atoms with Crippen LogP contribution in [0, 0.1) is 0 Å². The molecule has 1 saturated heterocycles. The van der Waals surface area contributed by atoms with Crippen LogP contribution in [0.4, 0.5) is 0 Å². The van der Waals surface area contributed by atoms with Crippen molar-refractivity contribution in [1.82, 2.24) is 4.90 Å². The zero-order chi connectivity index (χ0) is 8.97. The van der Waals surface area contributed by atoms with E-state index in [2.05, 4.69) is 18.4 Å². The van der Waals surface area contributed by atoms with E-state index < -0.39 is 10.8 Å². The van der Waals surface area contributed by atoms with Crippen molar-refractivity contribution in [3.05, 3.63) is 12.7 Å². The van der Waals surface area contributed by atoms with E-state index >= 15 is 0 Å². The second kappa shape index (κ2) is 4.77. The molecule has 1 rings (SSSR count). The highest BCUT2D eigenvalue weighted by Gasteiger charge is 2.21. The first-order valence-corrected chi connectivity index (χ1v) is 5.92. The Bertz CT molecular complexity index is 179. The number of nitrogens with zero attached hydrogens (tertiary/aromatic N) is 1. The van der Waals surface area contributed by atoms with Gasteiger partial charge in [-0.15, -0.1) is 6.58 Å². The molecule has 0 amide bonds. The van der Waals surface area contributed by atoms with Gasteiger partial charge in [-0.25, -0.2) is 0 Å². The molecule has 1 fully saturated rings. The minimum absolute atomic E-state index is 0.486. The van der Waals surface area contributed by atoms with Crippen molar-refractivity contribution in [3.63, 3.8) is 0 Å². The van der Waals surface area contributed by atoms with E-state index in [0.717, 1.165) is 31.0 Å². The first-order valence-electron chi connectivity index (χ1n) is 4.44. The minimum atomic E-state index is -0.564. The molecule has 2 atom stereocenters. The van der Waals surface area contributed by atoms with Crippen LogP contribution < -0.4 is 0 Å². The van der Waals surface area contributed by atoms with Gasteiger partial charge in [-0.2, -0.15) is 0 Å². The zero-order valence-corrected chi connectivity index (χ0v) is 8.48. The second-order valence-electron chi connectivity index (χ2n) is 3.27. The molecule has 0 saturated carbocycles. The van der Waals surface area contributed by atoms with Crippen LogP contribution in [0.3, 0.4) is 0 Å². The van der Waals surface area contributed by atoms with Crippen molar-refractivity contribution in [2.45, 2.75) is 19.4 Å². The van der Waals surface area contributed by atoms with Crippen LogP contribution in [0.25, 0.3) is 0 Å². The maximum Gasteiger partial charge on any atom is 0.0388 e. The Kier molecular flexibility index (Phi) is 3.95. The van der Waals surface area contributed by atoms with Gasteiger partial charge in [0.2, 0.25) is 0 Å². The Hall–Kier alpha value is -0.150. The summed E-state index contributed by atoms with van der Waals surface area (Å²) in [4.78, 5) is 2.39. The van der Waals surface area contributed by atoms with Gasteiger partial charge in [-0.05, 0) is 13.3 Å². The Morgan fingerprint density at radius 1 is 1.75 bits per heavy atom. The van der Waals surface area contributed by atoms with Gasteiger partial charge in [0.1, 0.15) is 0 Å². The molecule has 1 aliphatic heterocycles. The van der Waals surface area contributed by atoms with Crippen LogP contribution in [-0.4, -0.2) is 39.7 Å². The molecular formula is C9H17NOS. The molecule has 0 bridgehead atoms. The maximum atomic E-state index is 11.2. The van der Waals surface area contributed by atoms with E-state index in [1.54, 1.807) is 0 Å². The third-order valence-corrected chi connectivity index (χ3v) is 3.77. The minimum Gasteiger partial charge on any atom is -0.299 e. The highest BCUT2D eigenvalue weighted by atomic mass is 32.2. The molecule has 0 spiro atoms. The van der Waals surface area contributed by atoms with Crippen LogP contribution in [-0.2, 0) is 10.8 Å². The van der Waals surface area contributed by atoms with Gasteiger partial charge in [-0.1, -0.05) is 6.08 Å². The van der Waals surface area contributed by atoms with E-state index in [1.165, 1.54) is 0 Å². The predicted octanol–water partition coefficient (Wildman–Crippen LogP) is 1.02. The van der Waals surface area contributed by atoms with Crippen molar-refractivity contribution in [3.8, 4) is 0 Å². The van der Waals surface area contributed by atoms with E-state index in [0.29, 0.717) is 6.04 Å². The third-order valence-electron chi connectivity index (χ3n) is 2.28. The molecule has 2 unspecified atom stereocenters. The van der Waals surface area contributed by atoms with Gasteiger partial charge >= 0.3 is 0 Å². The van der Waals surface area contributed by atoms with Crippen LogP contribution in [0.1, 0.15) is 13.3 Å². The normalized spacial score (nSPS) is 31.8. The lowest BCUT2D eigenvalue weighted by Crippen LogP contribution is -2.44. The van der Waals surface area contributed by atoms with E-state index in [9.17, 15) is 4.21 Å². The molecule has 0 radical (unpaired) electrons. The fourth-order valence-electron chi connectivity index (χ4n) is 1.49. The lowest BCUT2D eigenvalue weighted by atomic mass is 10.3. The highest BCUT2D eigenvalue weighted by molar-refractivity contribution is 7.85. The fourth-order valence-corrected chi connectivity index (χ4v) is 2.84. The summed E-state index contributed by atoms with van der Waals surface area (Å²) in [6.07, 6.45) is 2.98. The summed E-state index contributed by atoms with van der Waals surface area (Å²) >= 11 is 0. The smallest absolute Gasteiger partial charge is 0.0388 e. The number of rotatable bonds is 3. The molecule has 2 nitrogen and oxygen atoms in total. The monoisotopic (exact) mass is 187 g/mol. The van der Waals surface area contributed by atoms with E-state index in [-0.39, 0.29) is 0 Å². The first kappa shape index (κ1) is 9.93. The van der Waals surface area contributed by atoms with Crippen molar-refractivity contribution < 1.29 is 4.21 Å². The van der Waals surface area contributed by atoms with Gasteiger partial charge in [0.05, 0.1) is 0 Å². The summed E-state index contributed by atoms with van der Waals surface area (Å²) in [5.74, 6) is 1.69. The predicted molar refractivity (Wildman–Crippen MR) is 53.7 cm³/mol. The summed E-state index contributed by atoms with van der Waals surface area (Å²) < 4.78 is 11.2. The van der Waals surface area contributed by atoms with Crippen molar-refractivity contribution in [2.75, 3.05) is 24.6 Å². The van der Waals surface area contributed by atoms with Crippen LogP contribution in [0.5, 0.6) is 0 Å². The topological polar surface area (TPSA) is 20.3 Å². The summed E-state index contributed by atoms with van der Waals surface area (Å²) in [5.41, 5.74) is 0. The van der Waals surface area contributed by atoms with Gasteiger partial charge in [0.15, 0.2) is 0 Å². The first-order chi connectivity index (χ1) is 5.74. The molecule has 70 valence electrons. The second-order valence-corrected chi connectivity index (χ2v) is 4.89. The third kappa shape index (κ3) is 2.72. The Morgan fingerprint density at radius 2 is 2.50 bits per heavy atom. The average Bonchev–Trinajstić information content (AvgIpc) is 2.03. The Balaban J connectivity index is 2.34. The van der Waals surface area contributed by atoms with Gasteiger partial charge in [0.25, 0.3) is 0 Å². The van der Waals surface area contributed by atoms with Crippen molar-refractivity contribution in [2.24, 2.45) is 0 Å². The summed E-state index contributed by atoms with van der Waals surface area (Å²) in [7, 11) is -0.564. The summed E-state index contributed by atoms with van der Waals surface area (Å²) in [5, 5.41) is 0. The van der Waals surface area contributed by atoms with Crippen LogP contribution in [0.2, 0.25) is 0 Å². The largest absolute Gasteiger partial charge is 0.299 e. The highest BCUT2D eigenvalue weighted by Crippen LogP contribution is 2.08. The fraction of sp³-hybridized carbons (Fsp3) is 0.778. The molecule has 1 heterocycles. The Labute approximate surface area is 77.1 Å². The van der Waals surface area contributed by atoms with Crippen LogP contribution in [0.15, 0.2) is 12.7 Å². The lowest BCUT2D eigenvalue weighted by Gasteiger charge is -2.32. The zero-order valence-electron chi connectivity index (χ0n) is 7.66. The number of hydrogen-bond donors (Lipinski definition) is 0. The molecule has 0 aromatic heterocycles.